The van der Waals surface area contributed by atoms with Gasteiger partial charge in [-0.3, -0.25) is 14.5 Å². The van der Waals surface area contributed by atoms with Crippen LogP contribution in [0.1, 0.15) is 24.1 Å². The van der Waals surface area contributed by atoms with Crippen LogP contribution in [-0.4, -0.2) is 99.1 Å². The van der Waals surface area contributed by atoms with E-state index < -0.39 is 10.0 Å². The minimum atomic E-state index is -3.55. The summed E-state index contributed by atoms with van der Waals surface area (Å²) in [4.78, 5) is 31.6. The number of rotatable bonds is 5. The number of thiophene rings is 1. The summed E-state index contributed by atoms with van der Waals surface area (Å²) >= 11 is 1.27. The number of nitrogens with zero attached hydrogens (tertiary/aromatic N) is 4. The van der Waals surface area contributed by atoms with Gasteiger partial charge in [-0.1, -0.05) is 0 Å². The Labute approximate surface area is 183 Å². The van der Waals surface area contributed by atoms with Gasteiger partial charge in [-0.05, 0) is 38.3 Å². The number of hydrogen-bond donors (Lipinski definition) is 0. The Bertz CT molecular complexity index is 868. The summed E-state index contributed by atoms with van der Waals surface area (Å²) in [6, 6.07) is 3.47. The average molecular weight is 457 g/mol. The molecule has 2 fully saturated rings. The van der Waals surface area contributed by atoms with E-state index in [1.165, 1.54) is 15.6 Å². The van der Waals surface area contributed by atoms with Crippen molar-refractivity contribution in [1.82, 2.24) is 19.0 Å². The van der Waals surface area contributed by atoms with Crippen molar-refractivity contribution in [2.45, 2.75) is 30.4 Å². The summed E-state index contributed by atoms with van der Waals surface area (Å²) in [7, 11) is -0.0525. The number of aryl methyl sites for hydroxylation is 1. The Hall–Kier alpha value is -1.49. The van der Waals surface area contributed by atoms with Gasteiger partial charge in [-0.15, -0.1) is 11.3 Å². The summed E-state index contributed by atoms with van der Waals surface area (Å²) in [6.07, 6.45) is 2.22. The lowest BCUT2D eigenvalue weighted by molar-refractivity contribution is -0.136. The van der Waals surface area contributed by atoms with Crippen molar-refractivity contribution >= 4 is 33.2 Å². The highest BCUT2D eigenvalue weighted by Crippen LogP contribution is 2.29. The maximum atomic E-state index is 13.2. The minimum absolute atomic E-state index is 0.0399. The lowest BCUT2D eigenvalue weighted by atomic mass is 9.98. The van der Waals surface area contributed by atoms with Crippen LogP contribution in [0.3, 0.4) is 0 Å². The molecule has 168 valence electrons. The second-order valence-electron chi connectivity index (χ2n) is 8.31. The molecule has 2 aliphatic rings. The summed E-state index contributed by atoms with van der Waals surface area (Å²) in [6.45, 7) is 5.64. The maximum Gasteiger partial charge on any atom is 0.252 e. The van der Waals surface area contributed by atoms with E-state index in [9.17, 15) is 18.0 Å². The molecule has 1 aromatic rings. The molecule has 0 spiro atoms. The molecule has 8 nitrogen and oxygen atoms in total. The van der Waals surface area contributed by atoms with E-state index in [4.69, 9.17) is 0 Å². The van der Waals surface area contributed by atoms with E-state index >= 15 is 0 Å². The van der Waals surface area contributed by atoms with Crippen molar-refractivity contribution in [2.75, 3.05) is 59.9 Å². The second kappa shape index (κ2) is 9.76. The zero-order valence-corrected chi connectivity index (χ0v) is 19.7. The molecule has 30 heavy (non-hydrogen) atoms. The SMILES string of the molecule is Cc1ccc(S(=O)(=O)N2CCCC(C(=O)N3CCCN(CC(=O)N(C)C)CC3)C2)s1. The molecular formula is C20H32N4O4S2. The monoisotopic (exact) mass is 456 g/mol. The standard InChI is InChI=1S/C20H32N4O4S2/c1-16-7-8-19(29-16)30(27,28)24-11-4-6-17(14-24)20(26)23-10-5-9-22(12-13-23)15-18(25)21(2)3/h7-8,17H,4-6,9-15H2,1-3H3. The molecule has 2 aliphatic heterocycles. The van der Waals surface area contributed by atoms with Crippen molar-refractivity contribution in [3.05, 3.63) is 17.0 Å². The van der Waals surface area contributed by atoms with Gasteiger partial charge in [-0.25, -0.2) is 8.42 Å². The third-order valence-corrected chi connectivity index (χ3v) is 9.13. The van der Waals surface area contributed by atoms with Crippen molar-refractivity contribution in [2.24, 2.45) is 5.92 Å². The van der Waals surface area contributed by atoms with E-state index in [2.05, 4.69) is 4.90 Å². The minimum Gasteiger partial charge on any atom is -0.348 e. The first-order valence-corrected chi connectivity index (χ1v) is 12.7. The maximum absolute atomic E-state index is 13.2. The summed E-state index contributed by atoms with van der Waals surface area (Å²) < 4.78 is 27.8. The van der Waals surface area contributed by atoms with Crippen molar-refractivity contribution in [3.63, 3.8) is 0 Å². The quantitative estimate of drug-likeness (QED) is 0.662. The van der Waals surface area contributed by atoms with Gasteiger partial charge < -0.3 is 9.80 Å². The van der Waals surface area contributed by atoms with Crippen LogP contribution in [0.25, 0.3) is 0 Å². The van der Waals surface area contributed by atoms with E-state index in [0.29, 0.717) is 49.8 Å². The molecule has 0 N–H and O–H groups in total. The highest BCUT2D eigenvalue weighted by Gasteiger charge is 2.36. The highest BCUT2D eigenvalue weighted by atomic mass is 32.2. The Morgan fingerprint density at radius 1 is 1.10 bits per heavy atom. The largest absolute Gasteiger partial charge is 0.348 e. The number of carbonyl (C=O) groups is 2. The van der Waals surface area contributed by atoms with Crippen LogP contribution in [0.15, 0.2) is 16.3 Å². The summed E-state index contributed by atoms with van der Waals surface area (Å²) in [5, 5.41) is 0. The van der Waals surface area contributed by atoms with Crippen LogP contribution in [0.2, 0.25) is 0 Å². The predicted molar refractivity (Wildman–Crippen MR) is 117 cm³/mol. The van der Waals surface area contributed by atoms with Crippen LogP contribution < -0.4 is 0 Å². The number of hydrogen-bond acceptors (Lipinski definition) is 6. The fourth-order valence-electron chi connectivity index (χ4n) is 3.98. The molecule has 0 aromatic carbocycles. The molecule has 0 bridgehead atoms. The fourth-order valence-corrected chi connectivity index (χ4v) is 6.94. The van der Waals surface area contributed by atoms with Gasteiger partial charge in [-0.2, -0.15) is 4.31 Å². The van der Waals surface area contributed by atoms with Gasteiger partial charge in [0.05, 0.1) is 12.5 Å². The Kier molecular flexibility index (Phi) is 7.54. The Balaban J connectivity index is 1.60. The van der Waals surface area contributed by atoms with Gasteiger partial charge in [0.25, 0.3) is 10.0 Å². The third kappa shape index (κ3) is 5.40. The van der Waals surface area contributed by atoms with E-state index in [1.807, 2.05) is 17.9 Å². The normalized spacial score (nSPS) is 22.0. The van der Waals surface area contributed by atoms with Crippen molar-refractivity contribution in [1.29, 1.82) is 0 Å². The zero-order chi connectivity index (χ0) is 21.9. The molecule has 2 saturated heterocycles. The van der Waals surface area contributed by atoms with Crippen LogP contribution >= 0.6 is 11.3 Å². The Morgan fingerprint density at radius 2 is 1.87 bits per heavy atom. The van der Waals surface area contributed by atoms with Crippen LogP contribution in [0.5, 0.6) is 0 Å². The molecule has 0 radical (unpaired) electrons. The van der Waals surface area contributed by atoms with E-state index in [-0.39, 0.29) is 24.3 Å². The van der Waals surface area contributed by atoms with Gasteiger partial charge in [0.1, 0.15) is 4.21 Å². The van der Waals surface area contributed by atoms with E-state index in [0.717, 1.165) is 17.8 Å². The fraction of sp³-hybridized carbons (Fsp3) is 0.700. The average Bonchev–Trinajstić information content (AvgIpc) is 3.03. The van der Waals surface area contributed by atoms with Crippen molar-refractivity contribution < 1.29 is 18.0 Å². The zero-order valence-electron chi connectivity index (χ0n) is 18.0. The first-order valence-electron chi connectivity index (χ1n) is 10.5. The van der Waals surface area contributed by atoms with Crippen molar-refractivity contribution in [3.8, 4) is 0 Å². The van der Waals surface area contributed by atoms with Crippen LogP contribution in [-0.2, 0) is 19.6 Å². The molecule has 1 atom stereocenters. The number of carbonyl (C=O) groups excluding carboxylic acids is 2. The van der Waals surface area contributed by atoms with Gasteiger partial charge in [0.2, 0.25) is 11.8 Å². The topological polar surface area (TPSA) is 81.2 Å². The van der Waals surface area contributed by atoms with Crippen LogP contribution in [0, 0.1) is 12.8 Å². The molecule has 0 saturated carbocycles. The molecule has 3 rings (SSSR count). The molecule has 1 aromatic heterocycles. The number of likely N-dealkylation sites (N-methyl/N-ethyl adjacent to an activating group) is 1. The number of piperidine rings is 1. The Morgan fingerprint density at radius 3 is 2.53 bits per heavy atom. The molecule has 2 amide bonds. The smallest absolute Gasteiger partial charge is 0.252 e. The van der Waals surface area contributed by atoms with E-state index in [1.54, 1.807) is 25.1 Å². The molecule has 1 unspecified atom stereocenters. The van der Waals surface area contributed by atoms with Gasteiger partial charge in [0.15, 0.2) is 0 Å². The third-order valence-electron chi connectivity index (χ3n) is 5.80. The second-order valence-corrected chi connectivity index (χ2v) is 11.8. The van der Waals surface area contributed by atoms with Crippen LogP contribution in [0.4, 0.5) is 0 Å². The molecule has 3 heterocycles. The first-order chi connectivity index (χ1) is 14.2. The number of amides is 2. The lowest BCUT2D eigenvalue weighted by Crippen LogP contribution is -2.47. The predicted octanol–water partition coefficient (Wildman–Crippen LogP) is 1.08. The summed E-state index contributed by atoms with van der Waals surface area (Å²) in [5.41, 5.74) is 0. The number of sulfonamides is 1. The summed E-state index contributed by atoms with van der Waals surface area (Å²) in [5.74, 6) is -0.200. The van der Waals surface area contributed by atoms with Gasteiger partial charge >= 0.3 is 0 Å². The lowest BCUT2D eigenvalue weighted by Gasteiger charge is -2.33. The molecule has 0 aliphatic carbocycles. The highest BCUT2D eigenvalue weighted by molar-refractivity contribution is 7.91. The van der Waals surface area contributed by atoms with Gasteiger partial charge in [0, 0.05) is 58.2 Å². The molecule has 10 heteroatoms. The first kappa shape index (κ1) is 23.2. The molecular weight excluding hydrogens is 424 g/mol.